The zero-order chi connectivity index (χ0) is 21.5. The Morgan fingerprint density at radius 3 is 2.70 bits per heavy atom. The Balaban J connectivity index is 1.49. The summed E-state index contributed by atoms with van der Waals surface area (Å²) < 4.78 is 1.81. The van der Waals surface area contributed by atoms with Crippen molar-refractivity contribution in [2.45, 2.75) is 52.0 Å². The first-order chi connectivity index (χ1) is 14.3. The largest absolute Gasteiger partial charge is 0.465 e. The number of hydrogen-bond donors (Lipinski definition) is 1. The molecule has 1 aromatic carbocycles. The van der Waals surface area contributed by atoms with E-state index in [1.165, 1.54) is 9.96 Å². The van der Waals surface area contributed by atoms with Crippen molar-refractivity contribution in [1.82, 2.24) is 24.6 Å². The van der Waals surface area contributed by atoms with Gasteiger partial charge in [-0.3, -0.25) is 9.52 Å². The molecule has 0 aliphatic carbocycles. The van der Waals surface area contributed by atoms with E-state index >= 15 is 0 Å². The monoisotopic (exact) mass is 413 g/mol. The summed E-state index contributed by atoms with van der Waals surface area (Å²) in [5.74, 6) is 0. The number of hydrogen-bond acceptors (Lipinski definition) is 4. The predicted molar refractivity (Wildman–Crippen MR) is 108 cm³/mol. The van der Waals surface area contributed by atoms with Crippen LogP contribution in [-0.2, 0) is 24.5 Å². The van der Waals surface area contributed by atoms with Gasteiger partial charge in [-0.15, -0.1) is 0 Å². The summed E-state index contributed by atoms with van der Waals surface area (Å²) in [7, 11) is 0. The van der Waals surface area contributed by atoms with E-state index in [2.05, 4.69) is 5.10 Å². The molecule has 1 N–H and O–H groups in total. The lowest BCUT2D eigenvalue weighted by atomic mass is 10.0. The van der Waals surface area contributed by atoms with Crippen molar-refractivity contribution in [3.63, 3.8) is 0 Å². The first-order valence-corrected chi connectivity index (χ1v) is 10.1. The SMILES string of the molecule is CC(C)(C)N(CCn1ncc2c1CN1CC2N(OCc2ccccc2)C1=O)C(=O)O. The molecule has 1 unspecified atom stereocenters. The Bertz CT molecular complexity index is 937. The number of nitrogens with zero attached hydrogens (tertiary/aromatic N) is 5. The number of amides is 3. The number of aromatic nitrogens is 2. The summed E-state index contributed by atoms with van der Waals surface area (Å²) in [6.07, 6.45) is 0.819. The molecule has 2 bridgehead atoms. The van der Waals surface area contributed by atoms with Crippen LogP contribution in [0.2, 0.25) is 0 Å². The van der Waals surface area contributed by atoms with Gasteiger partial charge in [0.2, 0.25) is 0 Å². The molecule has 9 heteroatoms. The summed E-state index contributed by atoms with van der Waals surface area (Å²) in [4.78, 5) is 33.4. The van der Waals surface area contributed by atoms with Gasteiger partial charge < -0.3 is 14.9 Å². The lowest BCUT2D eigenvalue weighted by Gasteiger charge is -2.33. The van der Waals surface area contributed by atoms with E-state index in [1.807, 2.05) is 55.8 Å². The van der Waals surface area contributed by atoms with E-state index in [-0.39, 0.29) is 12.1 Å². The molecule has 0 radical (unpaired) electrons. The third kappa shape index (κ3) is 3.72. The number of fused-ring (bicyclic) bond motifs is 4. The van der Waals surface area contributed by atoms with Crippen molar-refractivity contribution in [3.05, 3.63) is 53.3 Å². The molecule has 9 nitrogen and oxygen atoms in total. The van der Waals surface area contributed by atoms with E-state index in [9.17, 15) is 14.7 Å². The van der Waals surface area contributed by atoms with E-state index < -0.39 is 11.6 Å². The Labute approximate surface area is 175 Å². The molecule has 2 aliphatic rings. The maximum Gasteiger partial charge on any atom is 0.407 e. The van der Waals surface area contributed by atoms with Gasteiger partial charge in [0, 0.05) is 17.6 Å². The minimum absolute atomic E-state index is 0.152. The van der Waals surface area contributed by atoms with E-state index in [4.69, 9.17) is 4.84 Å². The van der Waals surface area contributed by atoms with Crippen molar-refractivity contribution < 1.29 is 19.5 Å². The van der Waals surface area contributed by atoms with Crippen LogP contribution < -0.4 is 0 Å². The van der Waals surface area contributed by atoms with Crippen molar-refractivity contribution in [2.24, 2.45) is 0 Å². The molecule has 1 fully saturated rings. The molecular formula is C21H27N5O4. The zero-order valence-corrected chi connectivity index (χ0v) is 17.5. The first kappa shape index (κ1) is 20.2. The Morgan fingerprint density at radius 1 is 1.30 bits per heavy atom. The van der Waals surface area contributed by atoms with Crippen molar-refractivity contribution >= 4 is 12.1 Å². The quantitative estimate of drug-likeness (QED) is 0.786. The molecule has 1 aromatic heterocycles. The molecule has 3 amide bonds. The zero-order valence-electron chi connectivity index (χ0n) is 17.5. The van der Waals surface area contributed by atoms with Gasteiger partial charge in [-0.2, -0.15) is 10.2 Å². The molecule has 3 heterocycles. The van der Waals surface area contributed by atoms with Gasteiger partial charge in [0.05, 0.1) is 31.5 Å². The second-order valence-electron chi connectivity index (χ2n) is 8.64. The van der Waals surface area contributed by atoms with Crippen LogP contribution >= 0.6 is 0 Å². The van der Waals surface area contributed by atoms with E-state index in [0.29, 0.717) is 32.8 Å². The fourth-order valence-corrected chi connectivity index (χ4v) is 4.02. The highest BCUT2D eigenvalue weighted by Crippen LogP contribution is 2.38. The van der Waals surface area contributed by atoms with Gasteiger partial charge in [-0.25, -0.2) is 9.59 Å². The maximum absolute atomic E-state index is 12.8. The molecule has 2 aliphatic heterocycles. The molecule has 1 atom stereocenters. The highest BCUT2D eigenvalue weighted by molar-refractivity contribution is 5.77. The van der Waals surface area contributed by atoms with Gasteiger partial charge in [0.15, 0.2) is 0 Å². The number of benzene rings is 1. The Kier molecular flexibility index (Phi) is 5.15. The molecule has 4 rings (SSSR count). The van der Waals surface area contributed by atoms with Crippen LogP contribution in [0, 0.1) is 0 Å². The molecule has 2 aromatic rings. The molecule has 160 valence electrons. The van der Waals surface area contributed by atoms with Gasteiger partial charge in [0.25, 0.3) is 0 Å². The lowest BCUT2D eigenvalue weighted by molar-refractivity contribution is -0.141. The van der Waals surface area contributed by atoms with Crippen LogP contribution in [0.4, 0.5) is 9.59 Å². The van der Waals surface area contributed by atoms with Crippen molar-refractivity contribution in [2.75, 3.05) is 13.1 Å². The van der Waals surface area contributed by atoms with Crippen LogP contribution in [0.5, 0.6) is 0 Å². The molecule has 0 spiro atoms. The molecule has 30 heavy (non-hydrogen) atoms. The van der Waals surface area contributed by atoms with E-state index in [1.54, 1.807) is 11.1 Å². The first-order valence-electron chi connectivity index (χ1n) is 10.1. The number of carbonyl (C=O) groups is 2. The van der Waals surface area contributed by atoms with Gasteiger partial charge >= 0.3 is 12.1 Å². The van der Waals surface area contributed by atoms with Crippen molar-refractivity contribution in [1.29, 1.82) is 0 Å². The fraction of sp³-hybridized carbons (Fsp3) is 0.476. The van der Waals surface area contributed by atoms with Gasteiger partial charge in [-0.1, -0.05) is 30.3 Å². The number of hydroxylamine groups is 2. The highest BCUT2D eigenvalue weighted by Gasteiger charge is 2.45. The third-order valence-corrected chi connectivity index (χ3v) is 5.61. The normalized spacial score (nSPS) is 18.0. The lowest BCUT2D eigenvalue weighted by Crippen LogP contribution is -2.46. The standard InChI is InChI=1S/C21H27N5O4/c1-21(2,3)24(20(28)29)9-10-25-17-12-23-13-18(16(17)11-22-25)26(19(23)27)30-14-15-7-5-4-6-8-15/h4-8,11,18H,9-10,12-14H2,1-3H3,(H,28,29). The van der Waals surface area contributed by atoms with Crippen LogP contribution in [0.15, 0.2) is 36.5 Å². The minimum Gasteiger partial charge on any atom is -0.465 e. The van der Waals surface area contributed by atoms with Crippen LogP contribution in [0.1, 0.15) is 43.6 Å². The van der Waals surface area contributed by atoms with Crippen LogP contribution in [-0.4, -0.2) is 60.5 Å². The van der Waals surface area contributed by atoms with Gasteiger partial charge in [0.1, 0.15) is 12.6 Å². The third-order valence-electron chi connectivity index (χ3n) is 5.61. The van der Waals surface area contributed by atoms with E-state index in [0.717, 1.165) is 16.8 Å². The summed E-state index contributed by atoms with van der Waals surface area (Å²) >= 11 is 0. The molecule has 0 saturated carbocycles. The summed E-state index contributed by atoms with van der Waals surface area (Å²) in [6, 6.07) is 9.37. The summed E-state index contributed by atoms with van der Waals surface area (Å²) in [5.41, 5.74) is 2.39. The fourth-order valence-electron chi connectivity index (χ4n) is 4.02. The highest BCUT2D eigenvalue weighted by atomic mass is 16.7. The van der Waals surface area contributed by atoms with Crippen LogP contribution in [0.3, 0.4) is 0 Å². The minimum atomic E-state index is -0.956. The second kappa shape index (κ2) is 7.64. The predicted octanol–water partition coefficient (Wildman–Crippen LogP) is 3.09. The smallest absolute Gasteiger partial charge is 0.407 e. The molecule has 1 saturated heterocycles. The Hall–Kier alpha value is -3.07. The summed E-state index contributed by atoms with van der Waals surface area (Å²) in [6.45, 7) is 7.68. The average Bonchev–Trinajstić information content (AvgIpc) is 3.20. The average molecular weight is 413 g/mol. The number of carboxylic acid groups (broad SMARTS) is 1. The number of rotatable bonds is 6. The number of urea groups is 1. The summed E-state index contributed by atoms with van der Waals surface area (Å²) in [5, 5.41) is 15.4. The van der Waals surface area contributed by atoms with Crippen LogP contribution in [0.25, 0.3) is 0 Å². The van der Waals surface area contributed by atoms with Gasteiger partial charge in [-0.05, 0) is 26.3 Å². The molecular weight excluding hydrogens is 386 g/mol. The second-order valence-corrected chi connectivity index (χ2v) is 8.64. The van der Waals surface area contributed by atoms with Crippen molar-refractivity contribution in [3.8, 4) is 0 Å². The topological polar surface area (TPSA) is 91.1 Å². The Morgan fingerprint density at radius 2 is 2.03 bits per heavy atom. The number of carbonyl (C=O) groups excluding carboxylic acids is 1. The maximum atomic E-state index is 12.8.